The summed E-state index contributed by atoms with van der Waals surface area (Å²) in [6, 6.07) is 7.59. The van der Waals surface area contributed by atoms with Crippen LogP contribution in [0.3, 0.4) is 0 Å². The first-order valence-corrected chi connectivity index (χ1v) is 8.57. The van der Waals surface area contributed by atoms with Crippen molar-refractivity contribution in [2.75, 3.05) is 13.6 Å². The summed E-state index contributed by atoms with van der Waals surface area (Å²) >= 11 is 0. The molecule has 0 spiro atoms. The predicted octanol–water partition coefficient (Wildman–Crippen LogP) is 2.50. The zero-order chi connectivity index (χ0) is 17.8. The van der Waals surface area contributed by atoms with Crippen molar-refractivity contribution < 1.29 is 9.90 Å². The number of rotatable bonds is 5. The Labute approximate surface area is 148 Å². The molecule has 25 heavy (non-hydrogen) atoms. The summed E-state index contributed by atoms with van der Waals surface area (Å²) in [7, 11) is 1.77. The molecule has 1 aliphatic rings. The molecule has 0 aliphatic carbocycles. The van der Waals surface area contributed by atoms with Crippen LogP contribution in [0.15, 0.2) is 36.7 Å². The van der Waals surface area contributed by atoms with E-state index in [2.05, 4.69) is 9.88 Å². The number of nitrogens with zero attached hydrogens (tertiary/aromatic N) is 4. The van der Waals surface area contributed by atoms with Crippen molar-refractivity contribution in [1.82, 2.24) is 19.8 Å². The van der Waals surface area contributed by atoms with Crippen molar-refractivity contribution in [1.29, 1.82) is 0 Å². The van der Waals surface area contributed by atoms with Crippen LogP contribution < -0.4 is 0 Å². The minimum Gasteiger partial charge on any atom is -0.508 e. The smallest absolute Gasteiger partial charge is 0.219 e. The molecule has 1 saturated heterocycles. The molecular formula is C19H24N4O2. The average Bonchev–Trinajstić information content (AvgIpc) is 3.05. The molecule has 132 valence electrons. The number of carbonyl (C=O) groups excluding carboxylic acids is 1. The molecule has 0 bridgehead atoms. The van der Waals surface area contributed by atoms with E-state index in [1.807, 2.05) is 18.3 Å². The van der Waals surface area contributed by atoms with Gasteiger partial charge in [0.1, 0.15) is 5.75 Å². The summed E-state index contributed by atoms with van der Waals surface area (Å²) in [6.45, 7) is 3.86. The topological polar surface area (TPSA) is 69.6 Å². The first kappa shape index (κ1) is 17.4. The molecule has 2 aromatic rings. The summed E-state index contributed by atoms with van der Waals surface area (Å²) in [5.74, 6) is 0.303. The quantitative estimate of drug-likeness (QED) is 0.906. The molecule has 1 unspecified atom stereocenters. The van der Waals surface area contributed by atoms with Crippen LogP contribution in [0.5, 0.6) is 5.75 Å². The number of amides is 1. The third-order valence-corrected chi connectivity index (χ3v) is 4.67. The maximum atomic E-state index is 11.4. The van der Waals surface area contributed by atoms with Crippen LogP contribution in [0.2, 0.25) is 0 Å². The lowest BCUT2D eigenvalue weighted by Gasteiger charge is -2.24. The zero-order valence-corrected chi connectivity index (χ0v) is 14.7. The second kappa shape index (κ2) is 7.61. The van der Waals surface area contributed by atoms with E-state index < -0.39 is 0 Å². The molecule has 6 nitrogen and oxygen atoms in total. The number of phenols is 1. The van der Waals surface area contributed by atoms with Crippen molar-refractivity contribution in [2.45, 2.75) is 38.9 Å². The Hall–Kier alpha value is -2.47. The van der Waals surface area contributed by atoms with E-state index in [-0.39, 0.29) is 17.7 Å². The summed E-state index contributed by atoms with van der Waals surface area (Å²) < 4.78 is 0. The van der Waals surface area contributed by atoms with Gasteiger partial charge in [0.25, 0.3) is 0 Å². The Morgan fingerprint density at radius 1 is 1.32 bits per heavy atom. The largest absolute Gasteiger partial charge is 0.508 e. The van der Waals surface area contributed by atoms with E-state index in [0.29, 0.717) is 6.54 Å². The first-order chi connectivity index (χ1) is 12.0. The second-order valence-corrected chi connectivity index (χ2v) is 6.61. The molecule has 3 rings (SSSR count). The number of hydrogen-bond acceptors (Lipinski definition) is 5. The SMILES string of the molecule is CC(=O)N(C)Cc1cncc(C2CCCN2Cc2ccc(O)cc2)n1. The predicted molar refractivity (Wildman–Crippen MR) is 94.7 cm³/mol. The molecule has 1 aliphatic heterocycles. The van der Waals surface area contributed by atoms with Gasteiger partial charge in [0.15, 0.2) is 0 Å². The highest BCUT2D eigenvalue weighted by Gasteiger charge is 2.27. The number of aromatic hydroxyl groups is 1. The number of benzene rings is 1. The van der Waals surface area contributed by atoms with E-state index in [4.69, 9.17) is 4.98 Å². The first-order valence-electron chi connectivity index (χ1n) is 8.57. The molecule has 1 atom stereocenters. The Balaban J connectivity index is 1.73. The van der Waals surface area contributed by atoms with Crippen LogP contribution in [0, 0.1) is 0 Å². The molecular weight excluding hydrogens is 316 g/mol. The van der Waals surface area contributed by atoms with Gasteiger partial charge in [0.2, 0.25) is 5.91 Å². The Bertz CT molecular complexity index is 732. The van der Waals surface area contributed by atoms with Crippen LogP contribution in [0.4, 0.5) is 0 Å². The highest BCUT2D eigenvalue weighted by atomic mass is 16.3. The number of aromatic nitrogens is 2. The maximum Gasteiger partial charge on any atom is 0.219 e. The highest BCUT2D eigenvalue weighted by molar-refractivity contribution is 5.72. The van der Waals surface area contributed by atoms with E-state index >= 15 is 0 Å². The van der Waals surface area contributed by atoms with Crippen LogP contribution >= 0.6 is 0 Å². The van der Waals surface area contributed by atoms with Crippen molar-refractivity contribution in [3.8, 4) is 5.75 Å². The van der Waals surface area contributed by atoms with E-state index in [1.54, 1.807) is 37.2 Å². The van der Waals surface area contributed by atoms with Crippen LogP contribution in [0.1, 0.15) is 42.8 Å². The number of carbonyl (C=O) groups is 1. The fraction of sp³-hybridized carbons (Fsp3) is 0.421. The molecule has 1 aromatic carbocycles. The van der Waals surface area contributed by atoms with Crippen LogP contribution in [-0.2, 0) is 17.9 Å². The standard InChI is InChI=1S/C19H24N4O2/c1-14(24)22(2)13-16-10-20-11-18(21-16)19-4-3-9-23(19)12-15-5-7-17(25)8-6-15/h5-8,10-11,19,25H,3-4,9,12-13H2,1-2H3. The van der Waals surface area contributed by atoms with Gasteiger partial charge < -0.3 is 10.0 Å². The molecule has 0 saturated carbocycles. The average molecular weight is 340 g/mol. The second-order valence-electron chi connectivity index (χ2n) is 6.61. The fourth-order valence-corrected chi connectivity index (χ4v) is 3.20. The van der Waals surface area contributed by atoms with Gasteiger partial charge in [-0.1, -0.05) is 12.1 Å². The molecule has 1 aromatic heterocycles. The fourth-order valence-electron chi connectivity index (χ4n) is 3.20. The molecule has 0 radical (unpaired) electrons. The lowest BCUT2D eigenvalue weighted by Crippen LogP contribution is -2.26. The normalized spacial score (nSPS) is 17.6. The molecule has 2 heterocycles. The van der Waals surface area contributed by atoms with E-state index in [1.165, 1.54) is 5.56 Å². The van der Waals surface area contributed by atoms with Crippen molar-refractivity contribution in [3.05, 3.63) is 53.6 Å². The zero-order valence-electron chi connectivity index (χ0n) is 14.7. The van der Waals surface area contributed by atoms with Crippen LogP contribution in [-0.4, -0.2) is 44.4 Å². The summed E-state index contributed by atoms with van der Waals surface area (Å²) in [5, 5.41) is 9.43. The Kier molecular flexibility index (Phi) is 5.28. The van der Waals surface area contributed by atoms with E-state index in [0.717, 1.165) is 37.3 Å². The van der Waals surface area contributed by atoms with E-state index in [9.17, 15) is 9.90 Å². The molecule has 1 fully saturated rings. The maximum absolute atomic E-state index is 11.4. The molecule has 1 N–H and O–H groups in total. The summed E-state index contributed by atoms with van der Waals surface area (Å²) in [5.41, 5.74) is 2.95. The Morgan fingerprint density at radius 2 is 2.08 bits per heavy atom. The van der Waals surface area contributed by atoms with Crippen molar-refractivity contribution in [3.63, 3.8) is 0 Å². The molecule has 1 amide bonds. The Morgan fingerprint density at radius 3 is 2.80 bits per heavy atom. The highest BCUT2D eigenvalue weighted by Crippen LogP contribution is 2.32. The summed E-state index contributed by atoms with van der Waals surface area (Å²) in [4.78, 5) is 24.5. The van der Waals surface area contributed by atoms with Crippen molar-refractivity contribution >= 4 is 5.91 Å². The van der Waals surface area contributed by atoms with Gasteiger partial charge >= 0.3 is 0 Å². The van der Waals surface area contributed by atoms with Gasteiger partial charge in [0.05, 0.1) is 36.4 Å². The van der Waals surface area contributed by atoms with Gasteiger partial charge in [-0.15, -0.1) is 0 Å². The minimum atomic E-state index is 0.0158. The number of likely N-dealkylation sites (tertiary alicyclic amines) is 1. The van der Waals surface area contributed by atoms with Gasteiger partial charge in [0, 0.05) is 20.5 Å². The van der Waals surface area contributed by atoms with Gasteiger partial charge in [-0.05, 0) is 37.1 Å². The number of phenolic OH excluding ortho intramolecular Hbond substituents is 1. The monoisotopic (exact) mass is 340 g/mol. The molecule has 6 heteroatoms. The number of hydrogen-bond donors (Lipinski definition) is 1. The van der Waals surface area contributed by atoms with Crippen molar-refractivity contribution in [2.24, 2.45) is 0 Å². The van der Waals surface area contributed by atoms with Gasteiger partial charge in [-0.3, -0.25) is 19.7 Å². The van der Waals surface area contributed by atoms with Gasteiger partial charge in [-0.2, -0.15) is 0 Å². The lowest BCUT2D eigenvalue weighted by atomic mass is 10.1. The third kappa shape index (κ3) is 4.33. The summed E-state index contributed by atoms with van der Waals surface area (Å²) in [6.07, 6.45) is 5.74. The van der Waals surface area contributed by atoms with Gasteiger partial charge in [-0.25, -0.2) is 0 Å². The lowest BCUT2D eigenvalue weighted by molar-refractivity contribution is -0.128. The minimum absolute atomic E-state index is 0.0158. The van der Waals surface area contributed by atoms with Crippen LogP contribution in [0.25, 0.3) is 0 Å². The third-order valence-electron chi connectivity index (χ3n) is 4.67.